The molecule has 0 aliphatic carbocycles. The standard InChI is InChI=1S/C23H44N4O/c1-5-24-22(25-16-20-10-9-15-28-21(20)23(2,3)4)27-14-11-19(18-27)17-26-12-7-6-8-13-26/h19-21H,5-18H2,1-4H3,(H,24,25). The number of likely N-dealkylation sites (tertiary alicyclic amines) is 2. The third-order valence-electron chi connectivity index (χ3n) is 6.66. The summed E-state index contributed by atoms with van der Waals surface area (Å²) >= 11 is 0. The summed E-state index contributed by atoms with van der Waals surface area (Å²) in [6.45, 7) is 18.0. The van der Waals surface area contributed by atoms with Crippen molar-refractivity contribution in [3.8, 4) is 0 Å². The van der Waals surface area contributed by atoms with Gasteiger partial charge in [0, 0.05) is 45.2 Å². The van der Waals surface area contributed by atoms with Crippen LogP contribution in [0, 0.1) is 17.3 Å². The second-order valence-corrected chi connectivity index (χ2v) is 10.2. The first kappa shape index (κ1) is 21.9. The van der Waals surface area contributed by atoms with E-state index in [0.717, 1.165) is 44.7 Å². The minimum atomic E-state index is 0.187. The Morgan fingerprint density at radius 2 is 1.86 bits per heavy atom. The zero-order chi connectivity index (χ0) is 20.0. The van der Waals surface area contributed by atoms with Crippen molar-refractivity contribution in [3.63, 3.8) is 0 Å². The zero-order valence-electron chi connectivity index (χ0n) is 18.9. The monoisotopic (exact) mass is 392 g/mol. The quantitative estimate of drug-likeness (QED) is 0.573. The molecule has 3 aliphatic rings. The first-order chi connectivity index (χ1) is 13.5. The highest BCUT2D eigenvalue weighted by Crippen LogP contribution is 2.34. The Hall–Kier alpha value is -0.810. The van der Waals surface area contributed by atoms with Gasteiger partial charge in [-0.2, -0.15) is 0 Å². The molecule has 0 aromatic carbocycles. The van der Waals surface area contributed by atoms with E-state index in [2.05, 4.69) is 42.8 Å². The number of hydrogen-bond donors (Lipinski definition) is 1. The molecule has 3 aliphatic heterocycles. The van der Waals surface area contributed by atoms with Crippen LogP contribution in [0.3, 0.4) is 0 Å². The van der Waals surface area contributed by atoms with Gasteiger partial charge in [-0.3, -0.25) is 4.99 Å². The first-order valence-electron chi connectivity index (χ1n) is 11.8. The number of hydrogen-bond acceptors (Lipinski definition) is 3. The molecular weight excluding hydrogens is 348 g/mol. The summed E-state index contributed by atoms with van der Waals surface area (Å²) in [5, 5.41) is 3.56. The number of piperidine rings is 1. The number of rotatable bonds is 5. The maximum Gasteiger partial charge on any atom is 0.193 e. The Morgan fingerprint density at radius 1 is 1.07 bits per heavy atom. The van der Waals surface area contributed by atoms with Crippen LogP contribution < -0.4 is 5.32 Å². The van der Waals surface area contributed by atoms with Crippen molar-refractivity contribution in [1.82, 2.24) is 15.1 Å². The fourth-order valence-electron chi connectivity index (χ4n) is 5.30. The Morgan fingerprint density at radius 3 is 2.57 bits per heavy atom. The molecule has 5 heteroatoms. The van der Waals surface area contributed by atoms with Crippen LogP contribution in [0.2, 0.25) is 0 Å². The van der Waals surface area contributed by atoms with E-state index in [9.17, 15) is 0 Å². The summed E-state index contributed by atoms with van der Waals surface area (Å²) in [6.07, 6.45) is 8.23. The maximum atomic E-state index is 6.17. The van der Waals surface area contributed by atoms with Crippen LogP contribution in [-0.2, 0) is 4.74 Å². The molecule has 5 nitrogen and oxygen atoms in total. The van der Waals surface area contributed by atoms with Crippen LogP contribution >= 0.6 is 0 Å². The van der Waals surface area contributed by atoms with Gasteiger partial charge in [-0.05, 0) is 63.5 Å². The molecule has 3 rings (SSSR count). The largest absolute Gasteiger partial charge is 0.377 e. The average Bonchev–Trinajstić information content (AvgIpc) is 3.14. The lowest BCUT2D eigenvalue weighted by molar-refractivity contribution is -0.0824. The third kappa shape index (κ3) is 6.09. The van der Waals surface area contributed by atoms with Gasteiger partial charge in [-0.1, -0.05) is 27.2 Å². The summed E-state index contributed by atoms with van der Waals surface area (Å²) in [6, 6.07) is 0. The Bertz CT molecular complexity index is 495. The third-order valence-corrected chi connectivity index (χ3v) is 6.66. The fraction of sp³-hybridized carbons (Fsp3) is 0.957. The molecule has 3 heterocycles. The highest BCUT2D eigenvalue weighted by Gasteiger charge is 2.35. The van der Waals surface area contributed by atoms with Gasteiger partial charge in [0.1, 0.15) is 0 Å². The zero-order valence-corrected chi connectivity index (χ0v) is 18.9. The van der Waals surface area contributed by atoms with E-state index < -0.39 is 0 Å². The minimum Gasteiger partial charge on any atom is -0.377 e. The second-order valence-electron chi connectivity index (χ2n) is 10.2. The smallest absolute Gasteiger partial charge is 0.193 e. The molecule has 0 bridgehead atoms. The van der Waals surface area contributed by atoms with Crippen molar-refractivity contribution in [3.05, 3.63) is 0 Å². The molecule has 0 saturated carbocycles. The van der Waals surface area contributed by atoms with E-state index in [-0.39, 0.29) is 5.41 Å². The van der Waals surface area contributed by atoms with Crippen LogP contribution in [0.25, 0.3) is 0 Å². The molecule has 3 fully saturated rings. The van der Waals surface area contributed by atoms with Gasteiger partial charge in [0.15, 0.2) is 5.96 Å². The topological polar surface area (TPSA) is 40.1 Å². The van der Waals surface area contributed by atoms with Crippen molar-refractivity contribution in [2.75, 3.05) is 52.4 Å². The molecule has 0 spiro atoms. The SMILES string of the molecule is CCNC(=NCC1CCCOC1C(C)(C)C)N1CCC(CN2CCCCC2)C1. The van der Waals surface area contributed by atoms with E-state index in [1.54, 1.807) is 0 Å². The number of aliphatic imine (C=N–C) groups is 1. The Balaban J connectivity index is 1.56. The number of guanidine groups is 1. The summed E-state index contributed by atoms with van der Waals surface area (Å²) in [5.41, 5.74) is 0.187. The second kappa shape index (κ2) is 10.3. The van der Waals surface area contributed by atoms with Gasteiger partial charge in [-0.25, -0.2) is 0 Å². The van der Waals surface area contributed by atoms with Crippen molar-refractivity contribution in [1.29, 1.82) is 0 Å². The maximum absolute atomic E-state index is 6.17. The molecule has 1 N–H and O–H groups in total. The Labute approximate surface area is 173 Å². The van der Waals surface area contributed by atoms with Crippen LogP contribution in [0.1, 0.15) is 66.2 Å². The van der Waals surface area contributed by atoms with Crippen molar-refractivity contribution < 1.29 is 4.74 Å². The molecule has 0 amide bonds. The molecule has 0 aromatic rings. The molecule has 0 radical (unpaired) electrons. The van der Waals surface area contributed by atoms with Gasteiger partial charge in [0.2, 0.25) is 0 Å². The van der Waals surface area contributed by atoms with Gasteiger partial charge in [-0.15, -0.1) is 0 Å². The van der Waals surface area contributed by atoms with E-state index in [1.165, 1.54) is 58.2 Å². The van der Waals surface area contributed by atoms with E-state index in [4.69, 9.17) is 9.73 Å². The molecule has 3 saturated heterocycles. The minimum absolute atomic E-state index is 0.187. The summed E-state index contributed by atoms with van der Waals surface area (Å²) < 4.78 is 6.17. The number of ether oxygens (including phenoxy) is 1. The van der Waals surface area contributed by atoms with Gasteiger partial charge in [0.05, 0.1) is 6.10 Å². The van der Waals surface area contributed by atoms with E-state index >= 15 is 0 Å². The van der Waals surface area contributed by atoms with Crippen molar-refractivity contribution in [2.45, 2.75) is 72.3 Å². The normalized spacial score (nSPS) is 30.6. The summed E-state index contributed by atoms with van der Waals surface area (Å²) in [5.74, 6) is 2.46. The van der Waals surface area contributed by atoms with Gasteiger partial charge >= 0.3 is 0 Å². The van der Waals surface area contributed by atoms with Crippen molar-refractivity contribution in [2.24, 2.45) is 22.2 Å². The predicted octanol–water partition coefficient (Wildman–Crippen LogP) is 3.60. The first-order valence-corrected chi connectivity index (χ1v) is 11.8. The highest BCUT2D eigenvalue weighted by molar-refractivity contribution is 5.80. The van der Waals surface area contributed by atoms with E-state index in [0.29, 0.717) is 12.0 Å². The summed E-state index contributed by atoms with van der Waals surface area (Å²) in [7, 11) is 0. The Kier molecular flexibility index (Phi) is 8.04. The van der Waals surface area contributed by atoms with Crippen LogP contribution in [0.4, 0.5) is 0 Å². The summed E-state index contributed by atoms with van der Waals surface area (Å²) in [4.78, 5) is 10.3. The molecule has 3 unspecified atom stereocenters. The van der Waals surface area contributed by atoms with E-state index in [1.807, 2.05) is 0 Å². The predicted molar refractivity (Wildman–Crippen MR) is 118 cm³/mol. The number of nitrogens with zero attached hydrogens (tertiary/aromatic N) is 3. The lowest BCUT2D eigenvalue weighted by Crippen LogP contribution is -2.44. The molecular formula is C23H44N4O. The molecule has 3 atom stereocenters. The molecule has 0 aromatic heterocycles. The lowest BCUT2D eigenvalue weighted by atomic mass is 9.78. The van der Waals surface area contributed by atoms with Gasteiger partial charge < -0.3 is 19.9 Å². The average molecular weight is 393 g/mol. The van der Waals surface area contributed by atoms with Crippen LogP contribution in [0.5, 0.6) is 0 Å². The molecule has 28 heavy (non-hydrogen) atoms. The lowest BCUT2D eigenvalue weighted by Gasteiger charge is -2.39. The van der Waals surface area contributed by atoms with Gasteiger partial charge in [0.25, 0.3) is 0 Å². The highest BCUT2D eigenvalue weighted by atomic mass is 16.5. The number of nitrogens with one attached hydrogen (secondary N) is 1. The molecule has 162 valence electrons. The fourth-order valence-corrected chi connectivity index (χ4v) is 5.30. The van der Waals surface area contributed by atoms with Crippen LogP contribution in [0.15, 0.2) is 4.99 Å². The van der Waals surface area contributed by atoms with Crippen LogP contribution in [-0.4, -0.2) is 74.3 Å². The van der Waals surface area contributed by atoms with Crippen molar-refractivity contribution >= 4 is 5.96 Å².